The standard InChI is InChI=1S/C8H13NO6S2/c10-7-1-5(3-16)2-9(7)6(8(11)12)4-17(13,14)15/h5-6,16H,1-4H2,(H,11,12)(H,13,14,15). The minimum atomic E-state index is -4.45. The largest absolute Gasteiger partial charge is 0.480 e. The maximum atomic E-state index is 11.5. The molecule has 17 heavy (non-hydrogen) atoms. The molecule has 1 aliphatic heterocycles. The average Bonchev–Trinajstić information content (AvgIpc) is 2.54. The van der Waals surface area contributed by atoms with Crippen molar-refractivity contribution in [2.75, 3.05) is 18.1 Å². The summed E-state index contributed by atoms with van der Waals surface area (Å²) in [7, 11) is -4.45. The predicted octanol–water partition coefficient (Wildman–Crippen LogP) is -0.894. The van der Waals surface area contributed by atoms with Crippen molar-refractivity contribution in [2.45, 2.75) is 12.5 Å². The van der Waals surface area contributed by atoms with Gasteiger partial charge in [-0.25, -0.2) is 4.79 Å². The summed E-state index contributed by atoms with van der Waals surface area (Å²) in [6.45, 7) is 0.148. The molecule has 9 heteroatoms. The smallest absolute Gasteiger partial charge is 0.327 e. The molecule has 1 rings (SSSR count). The number of carbonyl (C=O) groups excluding carboxylic acids is 1. The van der Waals surface area contributed by atoms with Crippen molar-refractivity contribution in [3.8, 4) is 0 Å². The van der Waals surface area contributed by atoms with E-state index in [1.807, 2.05) is 0 Å². The van der Waals surface area contributed by atoms with Crippen LogP contribution < -0.4 is 0 Å². The number of thiol groups is 1. The molecule has 0 aliphatic carbocycles. The number of nitrogens with zero attached hydrogens (tertiary/aromatic N) is 1. The molecular weight excluding hydrogens is 270 g/mol. The number of hydrogen-bond donors (Lipinski definition) is 3. The molecule has 0 aromatic carbocycles. The third-order valence-electron chi connectivity index (χ3n) is 2.53. The van der Waals surface area contributed by atoms with Crippen LogP contribution in [0.5, 0.6) is 0 Å². The van der Waals surface area contributed by atoms with Crippen molar-refractivity contribution in [3.63, 3.8) is 0 Å². The second kappa shape index (κ2) is 5.23. The van der Waals surface area contributed by atoms with Gasteiger partial charge in [-0.15, -0.1) is 0 Å². The van der Waals surface area contributed by atoms with Crippen LogP contribution in [0.25, 0.3) is 0 Å². The van der Waals surface area contributed by atoms with E-state index in [4.69, 9.17) is 9.66 Å². The van der Waals surface area contributed by atoms with Crippen molar-refractivity contribution in [3.05, 3.63) is 0 Å². The Hall–Kier alpha value is -0.800. The fraction of sp³-hybridized carbons (Fsp3) is 0.750. The first kappa shape index (κ1) is 14.3. The Morgan fingerprint density at radius 3 is 2.53 bits per heavy atom. The molecule has 1 saturated heterocycles. The number of likely N-dealkylation sites (tertiary alicyclic amines) is 1. The first-order valence-corrected chi connectivity index (χ1v) is 7.07. The number of carboxylic acids is 1. The monoisotopic (exact) mass is 283 g/mol. The molecule has 2 atom stereocenters. The van der Waals surface area contributed by atoms with Crippen LogP contribution in [0, 0.1) is 5.92 Å². The van der Waals surface area contributed by atoms with E-state index in [2.05, 4.69) is 12.6 Å². The molecular formula is C8H13NO6S2. The molecule has 0 radical (unpaired) electrons. The second-order valence-electron chi connectivity index (χ2n) is 3.90. The van der Waals surface area contributed by atoms with Gasteiger partial charge in [-0.1, -0.05) is 0 Å². The summed E-state index contributed by atoms with van der Waals surface area (Å²) in [5.74, 6) is -2.54. The van der Waals surface area contributed by atoms with E-state index in [9.17, 15) is 18.0 Å². The lowest BCUT2D eigenvalue weighted by Gasteiger charge is -2.23. The van der Waals surface area contributed by atoms with E-state index in [0.717, 1.165) is 4.90 Å². The molecule has 1 aliphatic rings. The van der Waals surface area contributed by atoms with E-state index in [1.54, 1.807) is 0 Å². The number of carbonyl (C=O) groups is 2. The molecule has 7 nitrogen and oxygen atoms in total. The van der Waals surface area contributed by atoms with Crippen LogP contribution in [-0.4, -0.2) is 58.9 Å². The van der Waals surface area contributed by atoms with Gasteiger partial charge in [-0.2, -0.15) is 21.0 Å². The normalized spacial score (nSPS) is 22.8. The number of hydrogen-bond acceptors (Lipinski definition) is 5. The van der Waals surface area contributed by atoms with Gasteiger partial charge in [0.05, 0.1) is 0 Å². The molecule has 0 aromatic rings. The van der Waals surface area contributed by atoms with Crippen LogP contribution in [-0.2, 0) is 19.7 Å². The third kappa shape index (κ3) is 3.86. The Morgan fingerprint density at radius 2 is 2.18 bits per heavy atom. The fourth-order valence-corrected chi connectivity index (χ4v) is 2.69. The average molecular weight is 283 g/mol. The van der Waals surface area contributed by atoms with E-state index in [1.165, 1.54) is 0 Å². The van der Waals surface area contributed by atoms with Gasteiger partial charge < -0.3 is 10.0 Å². The van der Waals surface area contributed by atoms with Crippen LogP contribution in [0.1, 0.15) is 6.42 Å². The van der Waals surface area contributed by atoms with Gasteiger partial charge in [-0.3, -0.25) is 9.35 Å². The summed E-state index contributed by atoms with van der Waals surface area (Å²) in [5.41, 5.74) is 0. The number of rotatable bonds is 5. The minimum absolute atomic E-state index is 0.0888. The van der Waals surface area contributed by atoms with Crippen LogP contribution in [0.15, 0.2) is 0 Å². The minimum Gasteiger partial charge on any atom is -0.480 e. The quantitative estimate of drug-likeness (QED) is 0.445. The van der Waals surface area contributed by atoms with Gasteiger partial charge in [0, 0.05) is 13.0 Å². The molecule has 1 amide bonds. The predicted molar refractivity (Wildman–Crippen MR) is 61.5 cm³/mol. The zero-order valence-corrected chi connectivity index (χ0v) is 10.5. The molecule has 0 bridgehead atoms. The summed E-state index contributed by atoms with van der Waals surface area (Å²) in [6.07, 6.45) is 0.152. The zero-order chi connectivity index (χ0) is 13.2. The molecule has 0 saturated carbocycles. The highest BCUT2D eigenvalue weighted by Crippen LogP contribution is 2.21. The Morgan fingerprint density at radius 1 is 1.59 bits per heavy atom. The molecule has 1 fully saturated rings. The Bertz CT molecular complexity index is 420. The SMILES string of the molecule is O=C(O)C(CS(=O)(=O)O)N1CC(CS)CC1=O. The third-order valence-corrected chi connectivity index (χ3v) is 3.78. The van der Waals surface area contributed by atoms with E-state index >= 15 is 0 Å². The Balaban J connectivity index is 2.86. The maximum absolute atomic E-state index is 11.5. The number of aliphatic carboxylic acids is 1. The van der Waals surface area contributed by atoms with E-state index in [-0.39, 0.29) is 18.9 Å². The van der Waals surface area contributed by atoms with Crippen molar-refractivity contribution < 1.29 is 27.7 Å². The summed E-state index contributed by atoms with van der Waals surface area (Å²) in [6, 6.07) is -1.54. The molecule has 2 N–H and O–H groups in total. The summed E-state index contributed by atoms with van der Waals surface area (Å²) < 4.78 is 30.1. The lowest BCUT2D eigenvalue weighted by Crippen LogP contribution is -2.46. The maximum Gasteiger partial charge on any atom is 0.327 e. The van der Waals surface area contributed by atoms with Crippen molar-refractivity contribution in [2.24, 2.45) is 5.92 Å². The molecule has 2 unspecified atom stereocenters. The zero-order valence-electron chi connectivity index (χ0n) is 8.81. The Kier molecular flexibility index (Phi) is 4.39. The summed E-state index contributed by atoms with van der Waals surface area (Å²) >= 11 is 4.01. The van der Waals surface area contributed by atoms with Crippen molar-refractivity contribution in [1.82, 2.24) is 4.90 Å². The second-order valence-corrected chi connectivity index (χ2v) is 5.76. The molecule has 1 heterocycles. The lowest BCUT2D eigenvalue weighted by atomic mass is 10.1. The molecule has 98 valence electrons. The topological polar surface area (TPSA) is 112 Å². The van der Waals surface area contributed by atoms with Gasteiger partial charge in [-0.05, 0) is 11.7 Å². The molecule has 0 aromatic heterocycles. The van der Waals surface area contributed by atoms with Gasteiger partial charge in [0.2, 0.25) is 5.91 Å². The first-order chi connectivity index (χ1) is 7.74. The van der Waals surface area contributed by atoms with Crippen LogP contribution in [0.2, 0.25) is 0 Å². The highest BCUT2D eigenvalue weighted by atomic mass is 32.2. The van der Waals surface area contributed by atoms with Crippen molar-refractivity contribution in [1.29, 1.82) is 0 Å². The summed E-state index contributed by atoms with van der Waals surface area (Å²) in [4.78, 5) is 23.4. The highest BCUT2D eigenvalue weighted by molar-refractivity contribution is 7.85. The van der Waals surface area contributed by atoms with E-state index in [0.29, 0.717) is 5.75 Å². The van der Waals surface area contributed by atoms with Gasteiger partial charge in [0.15, 0.2) is 0 Å². The van der Waals surface area contributed by atoms with E-state index < -0.39 is 33.8 Å². The van der Waals surface area contributed by atoms with Crippen LogP contribution in [0.4, 0.5) is 0 Å². The molecule has 0 spiro atoms. The Labute approximate surface area is 104 Å². The van der Waals surface area contributed by atoms with Gasteiger partial charge >= 0.3 is 5.97 Å². The van der Waals surface area contributed by atoms with Crippen molar-refractivity contribution >= 4 is 34.6 Å². The summed E-state index contributed by atoms with van der Waals surface area (Å²) in [5, 5.41) is 8.89. The van der Waals surface area contributed by atoms with Crippen LogP contribution >= 0.6 is 12.6 Å². The first-order valence-electron chi connectivity index (χ1n) is 4.83. The van der Waals surface area contributed by atoms with Gasteiger partial charge in [0.25, 0.3) is 10.1 Å². The number of carboxylic acid groups (broad SMARTS) is 1. The van der Waals surface area contributed by atoms with Gasteiger partial charge in [0.1, 0.15) is 11.8 Å². The number of amides is 1. The fourth-order valence-electron chi connectivity index (χ4n) is 1.73. The van der Waals surface area contributed by atoms with Crippen LogP contribution in [0.3, 0.4) is 0 Å². The highest BCUT2D eigenvalue weighted by Gasteiger charge is 2.39. The lowest BCUT2D eigenvalue weighted by molar-refractivity contribution is -0.147.